The third-order valence-corrected chi connectivity index (χ3v) is 8.17. The third-order valence-electron chi connectivity index (χ3n) is 6.68. The number of aromatic nitrogens is 1. The van der Waals surface area contributed by atoms with Gasteiger partial charge in [-0.05, 0) is 85.7 Å². The van der Waals surface area contributed by atoms with Gasteiger partial charge in [-0.1, -0.05) is 24.3 Å². The highest BCUT2D eigenvalue weighted by atomic mass is 32.2. The number of rotatable bonds is 8. The fourth-order valence-corrected chi connectivity index (χ4v) is 5.87. The lowest BCUT2D eigenvalue weighted by Gasteiger charge is -2.13. The van der Waals surface area contributed by atoms with Crippen molar-refractivity contribution >= 4 is 38.6 Å². The number of aryl methyl sites for hydroxylation is 2. The minimum Gasteiger partial charge on any atom is -0.496 e. The van der Waals surface area contributed by atoms with E-state index in [2.05, 4.69) is 5.32 Å². The molecule has 1 aliphatic rings. The predicted molar refractivity (Wildman–Crippen MR) is 157 cm³/mol. The van der Waals surface area contributed by atoms with E-state index in [4.69, 9.17) is 19.1 Å². The van der Waals surface area contributed by atoms with E-state index in [1.165, 1.54) is 43.3 Å². The third kappa shape index (κ3) is 6.22. The molecule has 1 heterocycles. The first-order valence-corrected chi connectivity index (χ1v) is 14.2. The average Bonchev–Trinajstić information content (AvgIpc) is 3.60. The highest BCUT2D eigenvalue weighted by Crippen LogP contribution is 2.30. The van der Waals surface area contributed by atoms with Crippen LogP contribution in [0.2, 0.25) is 0 Å². The molecule has 3 aromatic carbocycles. The van der Waals surface area contributed by atoms with Gasteiger partial charge in [-0.2, -0.15) is 0 Å². The van der Waals surface area contributed by atoms with Crippen molar-refractivity contribution in [2.24, 2.45) is 6.98 Å². The maximum Gasteiger partial charge on any atom is 0.411 e. The van der Waals surface area contributed by atoms with Crippen LogP contribution >= 0.6 is 0 Å². The molecule has 1 aliphatic carbocycles. The van der Waals surface area contributed by atoms with Gasteiger partial charge in [0.1, 0.15) is 11.8 Å². The molecule has 1 saturated carbocycles. The van der Waals surface area contributed by atoms with Crippen LogP contribution < -0.4 is 14.8 Å². The number of hydrogen-bond acceptors (Lipinski definition) is 6. The van der Waals surface area contributed by atoms with Gasteiger partial charge in [-0.3, -0.25) is 10.1 Å². The molecule has 0 radical (unpaired) electrons. The van der Waals surface area contributed by atoms with Gasteiger partial charge in [0.15, 0.2) is 0 Å². The predicted octanol–water partition coefficient (Wildman–Crippen LogP) is 5.70. The number of carbonyl (C=O) groups excluding carboxylic acids is 2. The van der Waals surface area contributed by atoms with Crippen LogP contribution in [-0.2, 0) is 28.1 Å². The second kappa shape index (κ2) is 11.7. The molecule has 0 saturated heterocycles. The van der Waals surface area contributed by atoms with Gasteiger partial charge < -0.3 is 14.0 Å². The van der Waals surface area contributed by atoms with Crippen molar-refractivity contribution in [3.05, 3.63) is 89.1 Å². The molecule has 1 aromatic heterocycles. The van der Waals surface area contributed by atoms with Gasteiger partial charge in [0.2, 0.25) is 0 Å². The van der Waals surface area contributed by atoms with Crippen molar-refractivity contribution in [2.75, 3.05) is 12.4 Å². The summed E-state index contributed by atoms with van der Waals surface area (Å²) in [7, 11) is -7.50. The highest BCUT2D eigenvalue weighted by molar-refractivity contribution is 7.90. The van der Waals surface area contributed by atoms with Crippen LogP contribution in [0.15, 0.2) is 71.8 Å². The van der Waals surface area contributed by atoms with Crippen LogP contribution in [0.4, 0.5) is 10.5 Å². The fourth-order valence-electron chi connectivity index (χ4n) is 4.64. The lowest BCUT2D eigenvalue weighted by atomic mass is 10.0. The second-order valence-corrected chi connectivity index (χ2v) is 11.2. The minimum atomic E-state index is -4.36. The number of sulfonamides is 1. The number of nitrogens with one attached hydrogen (secondary N) is 2. The Bertz CT molecular complexity index is 2070. The summed E-state index contributed by atoms with van der Waals surface area (Å²) in [5.74, 6) is -1.79. The molecule has 0 bridgehead atoms. The maximum atomic E-state index is 13.1. The topological polar surface area (TPSA) is 116 Å². The zero-order chi connectivity index (χ0) is 36.9. The molecule has 0 aliphatic heterocycles. The molecule has 10 heteroatoms. The Morgan fingerprint density at radius 2 is 1.90 bits per heavy atom. The summed E-state index contributed by atoms with van der Waals surface area (Å²) in [5.41, 5.74) is -0.542. The SMILES string of the molecule is [2H]C([2H])([2H])Oc1cc(C(=O)NS(=O)(=O)c2ccccc2C)ccc1C([2H])([2H])c1cn(C([2H])([2H])[2H])c2ccc(NC(=O)OC3([2H])CCCC3)cc12. The zero-order valence-corrected chi connectivity index (χ0v) is 22.8. The van der Waals surface area contributed by atoms with Crippen molar-refractivity contribution < 1.29 is 39.8 Å². The molecule has 2 amide bonds. The fraction of sp³-hybridized carbons (Fsp3) is 0.290. The number of benzene rings is 3. The van der Waals surface area contributed by atoms with Gasteiger partial charge in [-0.15, -0.1) is 0 Å². The number of fused-ring (bicyclic) bond motifs is 1. The van der Waals surface area contributed by atoms with Crippen LogP contribution in [-0.4, -0.2) is 38.1 Å². The first-order chi connectivity index (χ1) is 23.1. The molecule has 1 fully saturated rings. The molecule has 41 heavy (non-hydrogen) atoms. The van der Waals surface area contributed by atoms with Gasteiger partial charge in [0.25, 0.3) is 15.9 Å². The molecule has 5 rings (SSSR count). The van der Waals surface area contributed by atoms with E-state index in [0.29, 0.717) is 18.4 Å². The number of ether oxygens (including phenoxy) is 2. The average molecular weight is 585 g/mol. The first-order valence-electron chi connectivity index (χ1n) is 17.2. The van der Waals surface area contributed by atoms with Gasteiger partial charge >= 0.3 is 6.09 Å². The molecular weight excluding hydrogens is 542 g/mol. The number of anilines is 1. The summed E-state index contributed by atoms with van der Waals surface area (Å²) in [6.07, 6.45) is -1.77. The van der Waals surface area contributed by atoms with Crippen LogP contribution in [0.25, 0.3) is 10.9 Å². The van der Waals surface area contributed by atoms with Crippen LogP contribution in [0, 0.1) is 6.92 Å². The van der Waals surface area contributed by atoms with Crippen molar-refractivity contribution in [2.45, 2.75) is 50.0 Å². The summed E-state index contributed by atoms with van der Waals surface area (Å²) in [5, 5.41) is 2.53. The molecule has 9 nitrogen and oxygen atoms in total. The Hall–Kier alpha value is -4.31. The van der Waals surface area contributed by atoms with Crippen molar-refractivity contribution in [3.8, 4) is 5.75 Å². The summed E-state index contributed by atoms with van der Waals surface area (Å²) in [6, 6.07) is 13.0. The number of amides is 2. The first kappa shape index (κ1) is 18.9. The molecule has 4 aromatic rings. The van der Waals surface area contributed by atoms with Gasteiger partial charge in [0, 0.05) is 48.6 Å². The second-order valence-electron chi connectivity index (χ2n) is 9.54. The van der Waals surface area contributed by atoms with Crippen molar-refractivity contribution in [3.63, 3.8) is 0 Å². The lowest BCUT2D eigenvalue weighted by molar-refractivity contribution is 0.0980. The molecule has 0 unspecified atom stereocenters. The van der Waals surface area contributed by atoms with Crippen LogP contribution in [0.5, 0.6) is 5.75 Å². The van der Waals surface area contributed by atoms with Gasteiger partial charge in [0.05, 0.1) is 17.4 Å². The smallest absolute Gasteiger partial charge is 0.411 e. The Kier molecular flexibility index (Phi) is 5.38. The minimum absolute atomic E-state index is 0.0244. The molecule has 2 N–H and O–H groups in total. The summed E-state index contributed by atoms with van der Waals surface area (Å²) in [4.78, 5) is 25.6. The lowest BCUT2D eigenvalue weighted by Crippen LogP contribution is -2.31. The van der Waals surface area contributed by atoms with Gasteiger partial charge in [-0.25, -0.2) is 17.9 Å². The Morgan fingerprint density at radius 1 is 1.10 bits per heavy atom. The quantitative estimate of drug-likeness (QED) is 0.275. The monoisotopic (exact) mass is 584 g/mol. The molecular formula is C31H33N3O6S. The van der Waals surface area contributed by atoms with Crippen molar-refractivity contribution in [1.29, 1.82) is 0 Å². The Labute approximate surface area is 252 Å². The molecule has 0 spiro atoms. The van der Waals surface area contributed by atoms with E-state index >= 15 is 0 Å². The van der Waals surface area contributed by atoms with E-state index in [0.717, 1.165) is 41.8 Å². The number of methoxy groups -OCH3 is 1. The largest absolute Gasteiger partial charge is 0.496 e. The molecule has 214 valence electrons. The Balaban J connectivity index is 1.56. The summed E-state index contributed by atoms with van der Waals surface area (Å²) >= 11 is 0. The van der Waals surface area contributed by atoms with E-state index in [1.54, 1.807) is 6.07 Å². The zero-order valence-electron chi connectivity index (χ0n) is 31.0. The highest BCUT2D eigenvalue weighted by Gasteiger charge is 2.22. The number of carbonyl (C=O) groups is 2. The van der Waals surface area contributed by atoms with Crippen LogP contribution in [0.1, 0.15) is 65.1 Å². The molecule has 0 atom stereocenters. The van der Waals surface area contributed by atoms with E-state index in [9.17, 15) is 20.7 Å². The van der Waals surface area contributed by atoms with E-state index in [1.807, 2.05) is 4.72 Å². The van der Waals surface area contributed by atoms with Crippen LogP contribution in [0.3, 0.4) is 0 Å². The maximum absolute atomic E-state index is 13.1. The Morgan fingerprint density at radius 3 is 2.66 bits per heavy atom. The van der Waals surface area contributed by atoms with E-state index in [-0.39, 0.29) is 32.6 Å². The van der Waals surface area contributed by atoms with E-state index < -0.39 is 59.8 Å². The van der Waals surface area contributed by atoms with Crippen molar-refractivity contribution in [1.82, 2.24) is 9.29 Å². The summed E-state index contributed by atoms with van der Waals surface area (Å²) in [6.45, 7) is -1.25. The summed E-state index contributed by atoms with van der Waals surface area (Å²) < 4.78 is 113. The number of nitrogens with zero attached hydrogens (tertiary/aromatic N) is 1. The standard InChI is InChI=1S/C31H33N3O6S/c1-20-8-4-7-11-29(20)41(37,38)33-30(35)22-13-12-21(28(17-22)39-3)16-23-19-34(2)27-15-14-24(18-26(23)27)32-31(36)40-25-9-5-6-10-25/h4,7-8,11-15,17-19,25H,5-6,9-10,16H2,1-3H3,(H,32,36)(H,33,35)/i2D3,3D3,16D2,25D. The number of hydrogen-bond donors (Lipinski definition) is 2. The normalized spacial score (nSPS) is 18.7.